The molecule has 2 rings (SSSR count). The number of benzene rings is 1. The largest absolute Gasteiger partial charge is 0.447 e. The van der Waals surface area contributed by atoms with Crippen LogP contribution in [0.15, 0.2) is 42.0 Å². The number of rotatable bonds is 8. The normalized spacial score (nSPS) is 19.9. The molecule has 1 aromatic rings. The number of hydrogen-bond acceptors (Lipinski definition) is 5. The molecule has 2 amide bonds. The van der Waals surface area contributed by atoms with Crippen molar-refractivity contribution in [2.24, 2.45) is 5.92 Å². The number of ether oxygens (including phenoxy) is 1. The molecule has 31 heavy (non-hydrogen) atoms. The summed E-state index contributed by atoms with van der Waals surface area (Å²) in [6.45, 7) is 14.8. The molecule has 0 radical (unpaired) electrons. The Hall–Kier alpha value is -1.96. The summed E-state index contributed by atoms with van der Waals surface area (Å²) in [7, 11) is -1.89. The summed E-state index contributed by atoms with van der Waals surface area (Å²) in [6.07, 6.45) is 0.712. The molecule has 7 heteroatoms. The van der Waals surface area contributed by atoms with Crippen LogP contribution in [0, 0.1) is 5.92 Å². The zero-order valence-corrected chi connectivity index (χ0v) is 20.8. The Balaban J connectivity index is 2.03. The van der Waals surface area contributed by atoms with E-state index >= 15 is 0 Å². The molecule has 0 aromatic heterocycles. The van der Waals surface area contributed by atoms with Crippen molar-refractivity contribution in [1.82, 2.24) is 4.90 Å². The first-order valence-corrected chi connectivity index (χ1v) is 13.8. The highest BCUT2D eigenvalue weighted by molar-refractivity contribution is 6.74. The molecular formula is C24H37NO5Si. The maximum absolute atomic E-state index is 13.1. The van der Waals surface area contributed by atoms with Crippen LogP contribution >= 0.6 is 0 Å². The van der Waals surface area contributed by atoms with Gasteiger partial charge in [0.25, 0.3) is 0 Å². The van der Waals surface area contributed by atoms with Crippen molar-refractivity contribution in [2.45, 2.75) is 71.3 Å². The quantitative estimate of drug-likeness (QED) is 0.468. The fourth-order valence-corrected chi connectivity index (χ4v) is 4.17. The molecule has 172 valence electrons. The summed E-state index contributed by atoms with van der Waals surface area (Å²) < 4.78 is 11.3. The zero-order valence-electron chi connectivity index (χ0n) is 19.8. The van der Waals surface area contributed by atoms with Crippen LogP contribution in [0.4, 0.5) is 4.79 Å². The Labute approximate surface area is 187 Å². The van der Waals surface area contributed by atoms with Crippen molar-refractivity contribution in [3.8, 4) is 0 Å². The van der Waals surface area contributed by atoms with Crippen molar-refractivity contribution in [1.29, 1.82) is 0 Å². The molecule has 1 heterocycles. The molecule has 1 N–H and O–H groups in total. The fraction of sp³-hybridized carbons (Fsp3) is 0.583. The maximum atomic E-state index is 13.1. The molecule has 0 saturated carbocycles. The van der Waals surface area contributed by atoms with Crippen molar-refractivity contribution >= 4 is 20.3 Å². The second-order valence-electron chi connectivity index (χ2n) is 9.88. The summed E-state index contributed by atoms with van der Waals surface area (Å²) in [5.41, 5.74) is 1.68. The molecule has 0 bridgehead atoms. The van der Waals surface area contributed by atoms with Gasteiger partial charge in [0.2, 0.25) is 5.91 Å². The summed E-state index contributed by atoms with van der Waals surface area (Å²) in [6, 6.07) is 9.31. The number of aliphatic hydroxyl groups excluding tert-OH is 1. The van der Waals surface area contributed by atoms with E-state index in [0.29, 0.717) is 18.6 Å². The third kappa shape index (κ3) is 6.27. The lowest BCUT2D eigenvalue weighted by Gasteiger charge is -2.36. The molecule has 1 aliphatic rings. The standard InChI is InChI=1S/C24H37NO5Si/c1-17(13-14-30-31(6,7)24(3,4)5)21(26)18(2)22(27)25-20(16-29-23(25)28)15-19-11-9-8-10-12-19/h8-13,18,20-21,26H,14-16H2,1-7H3/b17-13-/t18-,20-,21+/m1/s1. The minimum Gasteiger partial charge on any atom is -0.447 e. The monoisotopic (exact) mass is 447 g/mol. The number of hydrogen-bond donors (Lipinski definition) is 1. The lowest BCUT2D eigenvalue weighted by molar-refractivity contribution is -0.135. The van der Waals surface area contributed by atoms with Crippen LogP contribution in [0.1, 0.15) is 40.2 Å². The lowest BCUT2D eigenvalue weighted by atomic mass is 9.95. The number of aliphatic hydroxyl groups is 1. The Kier molecular flexibility index (Phi) is 8.25. The minimum atomic E-state index is -1.89. The van der Waals surface area contributed by atoms with E-state index in [9.17, 15) is 14.7 Å². The maximum Gasteiger partial charge on any atom is 0.416 e. The van der Waals surface area contributed by atoms with Crippen molar-refractivity contribution in [3.05, 3.63) is 47.5 Å². The molecule has 6 nitrogen and oxygen atoms in total. The predicted octanol–water partition coefficient (Wildman–Crippen LogP) is 4.54. The van der Waals surface area contributed by atoms with Crippen LogP contribution in [-0.2, 0) is 20.4 Å². The van der Waals surface area contributed by atoms with Crippen molar-refractivity contribution in [2.75, 3.05) is 13.2 Å². The molecule has 3 atom stereocenters. The summed E-state index contributed by atoms with van der Waals surface area (Å²) in [5.74, 6) is -1.19. The van der Waals surface area contributed by atoms with Crippen LogP contribution in [0.5, 0.6) is 0 Å². The van der Waals surface area contributed by atoms with Crippen LogP contribution in [-0.4, -0.2) is 55.7 Å². The molecule has 0 aliphatic carbocycles. The predicted molar refractivity (Wildman–Crippen MR) is 124 cm³/mol. The topological polar surface area (TPSA) is 76.1 Å². The number of cyclic esters (lactones) is 1. The minimum absolute atomic E-state index is 0.0977. The van der Waals surface area contributed by atoms with E-state index < -0.39 is 32.3 Å². The van der Waals surface area contributed by atoms with E-state index in [-0.39, 0.29) is 17.7 Å². The van der Waals surface area contributed by atoms with Gasteiger partial charge in [0.15, 0.2) is 8.32 Å². The summed E-state index contributed by atoms with van der Waals surface area (Å²) in [5, 5.41) is 10.9. The van der Waals surface area contributed by atoms with E-state index in [1.165, 1.54) is 4.90 Å². The molecular weight excluding hydrogens is 410 g/mol. The highest BCUT2D eigenvalue weighted by atomic mass is 28.4. The third-order valence-corrected chi connectivity index (χ3v) is 11.0. The van der Waals surface area contributed by atoms with Gasteiger partial charge in [-0.05, 0) is 42.6 Å². The van der Waals surface area contributed by atoms with E-state index in [4.69, 9.17) is 9.16 Å². The second-order valence-corrected chi connectivity index (χ2v) is 14.7. The van der Waals surface area contributed by atoms with Crippen molar-refractivity contribution in [3.63, 3.8) is 0 Å². The average Bonchev–Trinajstić information content (AvgIpc) is 3.05. The van der Waals surface area contributed by atoms with Gasteiger partial charge >= 0.3 is 6.09 Å². The van der Waals surface area contributed by atoms with Gasteiger partial charge in [-0.3, -0.25) is 4.79 Å². The molecule has 1 fully saturated rings. The van der Waals surface area contributed by atoms with Gasteiger partial charge in [-0.2, -0.15) is 0 Å². The second kappa shape index (κ2) is 10.1. The zero-order chi connectivity index (χ0) is 23.4. The number of nitrogens with zero attached hydrogens (tertiary/aromatic N) is 1. The summed E-state index contributed by atoms with van der Waals surface area (Å²) in [4.78, 5) is 26.5. The number of carbonyl (C=O) groups excluding carboxylic acids is 2. The van der Waals surface area contributed by atoms with Gasteiger partial charge in [0, 0.05) is 0 Å². The Morgan fingerprint density at radius 3 is 2.52 bits per heavy atom. The lowest BCUT2D eigenvalue weighted by Crippen LogP contribution is -2.46. The van der Waals surface area contributed by atoms with Crippen LogP contribution in [0.3, 0.4) is 0 Å². The number of amides is 2. The summed E-state index contributed by atoms with van der Waals surface area (Å²) >= 11 is 0. The van der Waals surface area contributed by atoms with Gasteiger partial charge in [-0.15, -0.1) is 0 Å². The van der Waals surface area contributed by atoms with E-state index in [1.54, 1.807) is 13.8 Å². The molecule has 0 spiro atoms. The number of imide groups is 1. The Morgan fingerprint density at radius 2 is 1.94 bits per heavy atom. The first kappa shape index (κ1) is 25.3. The fourth-order valence-electron chi connectivity index (χ4n) is 3.23. The first-order chi connectivity index (χ1) is 14.3. The van der Waals surface area contributed by atoms with Crippen LogP contribution < -0.4 is 0 Å². The van der Waals surface area contributed by atoms with E-state index in [0.717, 1.165) is 5.56 Å². The van der Waals surface area contributed by atoms with E-state index in [1.807, 2.05) is 36.4 Å². The molecule has 1 saturated heterocycles. The highest BCUT2D eigenvalue weighted by Gasteiger charge is 2.41. The van der Waals surface area contributed by atoms with E-state index in [2.05, 4.69) is 33.9 Å². The highest BCUT2D eigenvalue weighted by Crippen LogP contribution is 2.36. The smallest absolute Gasteiger partial charge is 0.416 e. The van der Waals surface area contributed by atoms with Crippen molar-refractivity contribution < 1.29 is 23.9 Å². The molecule has 0 unspecified atom stereocenters. The molecule has 1 aliphatic heterocycles. The van der Waals surface area contributed by atoms with Gasteiger partial charge in [0.1, 0.15) is 6.61 Å². The van der Waals surface area contributed by atoms with Gasteiger partial charge in [0.05, 0.1) is 24.7 Å². The van der Waals surface area contributed by atoms with Crippen LogP contribution in [0.25, 0.3) is 0 Å². The Bertz CT molecular complexity index is 800. The van der Waals surface area contributed by atoms with Gasteiger partial charge < -0.3 is 14.3 Å². The SMILES string of the molecule is C/C(=C/CO[Si](C)(C)C(C)(C)C)[C@H](O)[C@@H](C)C(=O)N1C(=O)OC[C@H]1Cc1ccccc1. The van der Waals surface area contributed by atoms with Crippen LogP contribution in [0.2, 0.25) is 18.1 Å². The van der Waals surface area contributed by atoms with Gasteiger partial charge in [-0.25, -0.2) is 9.69 Å². The Morgan fingerprint density at radius 1 is 1.32 bits per heavy atom. The average molecular weight is 448 g/mol. The third-order valence-electron chi connectivity index (χ3n) is 6.50. The molecule has 1 aromatic carbocycles. The van der Waals surface area contributed by atoms with Gasteiger partial charge in [-0.1, -0.05) is 64.1 Å². The number of carbonyl (C=O) groups is 2. The first-order valence-electron chi connectivity index (χ1n) is 10.9.